The van der Waals surface area contributed by atoms with Crippen molar-refractivity contribution in [1.29, 1.82) is 0 Å². The van der Waals surface area contributed by atoms with Gasteiger partial charge in [-0.2, -0.15) is 4.31 Å². The molecule has 1 aliphatic heterocycles. The maximum Gasteiger partial charge on any atom is 0.250 e. The van der Waals surface area contributed by atoms with E-state index >= 15 is 0 Å². The van der Waals surface area contributed by atoms with E-state index in [1.54, 1.807) is 30.3 Å². The number of amides is 1. The lowest BCUT2D eigenvalue weighted by atomic mass is 10.1. The lowest BCUT2D eigenvalue weighted by Gasteiger charge is -2.26. The summed E-state index contributed by atoms with van der Waals surface area (Å²) in [6, 6.07) is 18.5. The molecule has 7 nitrogen and oxygen atoms in total. The molecule has 0 bridgehead atoms. The number of anilines is 1. The van der Waals surface area contributed by atoms with E-state index in [4.69, 9.17) is 4.74 Å². The number of carbonyl (C=O) groups is 1. The van der Waals surface area contributed by atoms with Crippen LogP contribution in [0.2, 0.25) is 0 Å². The molecule has 33 heavy (non-hydrogen) atoms. The minimum absolute atomic E-state index is 0.229. The first kappa shape index (κ1) is 21.7. The molecule has 168 valence electrons. The van der Waals surface area contributed by atoms with Crippen LogP contribution in [0.5, 0.6) is 0 Å². The van der Waals surface area contributed by atoms with Gasteiger partial charge in [0.2, 0.25) is 15.9 Å². The van der Waals surface area contributed by atoms with Gasteiger partial charge in [-0.1, -0.05) is 53.8 Å². The number of ether oxygens (including phenoxy) is 1. The zero-order valence-corrected chi connectivity index (χ0v) is 19.2. The Hall–Kier alpha value is -3.11. The van der Waals surface area contributed by atoms with Crippen molar-refractivity contribution in [3.8, 4) is 0 Å². The summed E-state index contributed by atoms with van der Waals surface area (Å²) in [7, 11) is -3.54. The van der Waals surface area contributed by atoms with E-state index in [1.165, 1.54) is 21.7 Å². The van der Waals surface area contributed by atoms with E-state index in [0.29, 0.717) is 31.4 Å². The molecule has 1 N–H and O–H groups in total. The summed E-state index contributed by atoms with van der Waals surface area (Å²) in [6.07, 6.45) is 3.05. The second kappa shape index (κ2) is 9.03. The maximum atomic E-state index is 12.7. The van der Waals surface area contributed by atoms with Gasteiger partial charge in [0.15, 0.2) is 5.13 Å². The smallest absolute Gasteiger partial charge is 0.250 e. The molecule has 4 aromatic rings. The van der Waals surface area contributed by atoms with Gasteiger partial charge < -0.3 is 4.74 Å². The monoisotopic (exact) mass is 479 g/mol. The van der Waals surface area contributed by atoms with Gasteiger partial charge in [-0.25, -0.2) is 13.4 Å². The van der Waals surface area contributed by atoms with Gasteiger partial charge in [0.1, 0.15) is 0 Å². The van der Waals surface area contributed by atoms with Crippen LogP contribution in [0.1, 0.15) is 5.56 Å². The number of hydrogen-bond acceptors (Lipinski definition) is 6. The molecule has 1 saturated heterocycles. The summed E-state index contributed by atoms with van der Waals surface area (Å²) in [4.78, 5) is 17.2. The third kappa shape index (κ3) is 4.53. The number of sulfonamides is 1. The largest absolute Gasteiger partial charge is 0.379 e. The molecule has 2 heterocycles. The first-order valence-corrected chi connectivity index (χ1v) is 12.7. The number of hydrogen-bond donors (Lipinski definition) is 1. The van der Waals surface area contributed by atoms with Crippen LogP contribution in [-0.4, -0.2) is 49.9 Å². The molecule has 0 unspecified atom stereocenters. The zero-order valence-electron chi connectivity index (χ0n) is 17.6. The van der Waals surface area contributed by atoms with Crippen LogP contribution >= 0.6 is 11.3 Å². The average Bonchev–Trinajstić information content (AvgIpc) is 3.26. The van der Waals surface area contributed by atoms with E-state index in [9.17, 15) is 13.2 Å². The topological polar surface area (TPSA) is 88.6 Å². The van der Waals surface area contributed by atoms with Crippen molar-refractivity contribution in [2.45, 2.75) is 4.90 Å². The number of fused-ring (bicyclic) bond motifs is 3. The first-order chi connectivity index (χ1) is 16.0. The SMILES string of the molecule is O=C(/C=C/c1ccc(S(=O)(=O)N2CCOCC2)cc1)Nc1nc2c(ccc3ccccc32)s1. The van der Waals surface area contributed by atoms with Crippen molar-refractivity contribution in [1.82, 2.24) is 9.29 Å². The highest BCUT2D eigenvalue weighted by Crippen LogP contribution is 2.31. The number of benzene rings is 3. The number of carbonyl (C=O) groups excluding carboxylic acids is 1. The number of nitrogens with zero attached hydrogens (tertiary/aromatic N) is 2. The van der Waals surface area contributed by atoms with Gasteiger partial charge in [0.05, 0.1) is 28.3 Å². The number of rotatable bonds is 5. The van der Waals surface area contributed by atoms with Gasteiger partial charge in [0, 0.05) is 24.6 Å². The molecule has 0 saturated carbocycles. The fourth-order valence-electron chi connectivity index (χ4n) is 3.72. The zero-order chi connectivity index (χ0) is 22.8. The molecular formula is C24H21N3O4S2. The molecule has 1 aromatic heterocycles. The standard InChI is InChI=1S/C24H21N3O4S2/c28-22(25-24-26-23-20-4-2-1-3-18(20)8-11-21(23)32-24)12-7-17-5-9-19(10-6-17)33(29,30)27-13-15-31-16-14-27/h1-12H,13-16H2,(H,25,26,28)/b12-7+. The second-order valence-corrected chi connectivity index (χ2v) is 10.5. The van der Waals surface area contributed by atoms with Gasteiger partial charge in [-0.3, -0.25) is 10.1 Å². The number of nitrogens with one attached hydrogen (secondary N) is 1. The highest BCUT2D eigenvalue weighted by molar-refractivity contribution is 7.89. The number of aromatic nitrogens is 1. The van der Waals surface area contributed by atoms with Crippen LogP contribution in [0, 0.1) is 0 Å². The molecule has 3 aromatic carbocycles. The molecule has 0 atom stereocenters. The van der Waals surface area contributed by atoms with Gasteiger partial charge in [0.25, 0.3) is 0 Å². The van der Waals surface area contributed by atoms with Crippen molar-refractivity contribution >= 4 is 59.5 Å². The summed E-state index contributed by atoms with van der Waals surface area (Å²) < 4.78 is 33.1. The number of morpholine rings is 1. The quantitative estimate of drug-likeness (QED) is 0.435. The molecule has 5 rings (SSSR count). The van der Waals surface area contributed by atoms with Crippen LogP contribution in [-0.2, 0) is 19.6 Å². The van der Waals surface area contributed by atoms with Crippen molar-refractivity contribution < 1.29 is 17.9 Å². The summed E-state index contributed by atoms with van der Waals surface area (Å²) in [5.41, 5.74) is 1.59. The van der Waals surface area contributed by atoms with E-state index in [1.807, 2.05) is 36.4 Å². The number of thiazole rings is 1. The normalized spacial score (nSPS) is 15.4. The molecule has 0 spiro atoms. The highest BCUT2D eigenvalue weighted by atomic mass is 32.2. The molecule has 1 amide bonds. The fourth-order valence-corrected chi connectivity index (χ4v) is 6.01. The molecular weight excluding hydrogens is 458 g/mol. The summed E-state index contributed by atoms with van der Waals surface area (Å²) in [5.74, 6) is -0.302. The van der Waals surface area contributed by atoms with E-state index in [0.717, 1.165) is 26.6 Å². The summed E-state index contributed by atoms with van der Waals surface area (Å²) in [5, 5.41) is 5.50. The Labute approximate surface area is 195 Å². The van der Waals surface area contributed by atoms with Gasteiger partial charge >= 0.3 is 0 Å². The Morgan fingerprint density at radius 2 is 1.79 bits per heavy atom. The predicted molar refractivity (Wildman–Crippen MR) is 131 cm³/mol. The Morgan fingerprint density at radius 3 is 2.58 bits per heavy atom. The van der Waals surface area contributed by atoms with Crippen molar-refractivity contribution in [2.75, 3.05) is 31.6 Å². The Balaban J connectivity index is 1.27. The van der Waals surface area contributed by atoms with Crippen LogP contribution in [0.4, 0.5) is 5.13 Å². The average molecular weight is 480 g/mol. The van der Waals surface area contributed by atoms with Crippen molar-refractivity contribution in [3.63, 3.8) is 0 Å². The third-order valence-electron chi connectivity index (χ3n) is 5.43. The van der Waals surface area contributed by atoms with Crippen molar-refractivity contribution in [2.24, 2.45) is 0 Å². The van der Waals surface area contributed by atoms with Crippen LogP contribution in [0.15, 0.2) is 71.6 Å². The molecule has 0 radical (unpaired) electrons. The fraction of sp³-hybridized carbons (Fsp3) is 0.167. The summed E-state index contributed by atoms with van der Waals surface area (Å²) >= 11 is 1.42. The minimum atomic E-state index is -3.54. The van der Waals surface area contributed by atoms with Gasteiger partial charge in [-0.15, -0.1) is 0 Å². The Bertz CT molecular complexity index is 1450. The van der Waals surface area contributed by atoms with E-state index in [2.05, 4.69) is 10.3 Å². The van der Waals surface area contributed by atoms with Crippen LogP contribution < -0.4 is 5.32 Å². The maximum absolute atomic E-state index is 12.7. The van der Waals surface area contributed by atoms with Gasteiger partial charge in [-0.05, 0) is 35.2 Å². The van der Waals surface area contributed by atoms with Crippen LogP contribution in [0.25, 0.3) is 27.1 Å². The lowest BCUT2D eigenvalue weighted by molar-refractivity contribution is -0.111. The third-order valence-corrected chi connectivity index (χ3v) is 8.28. The second-order valence-electron chi connectivity index (χ2n) is 7.56. The Kier molecular flexibility index (Phi) is 5.94. The molecule has 1 fully saturated rings. The Morgan fingerprint density at radius 1 is 1.03 bits per heavy atom. The van der Waals surface area contributed by atoms with Crippen molar-refractivity contribution in [3.05, 3.63) is 72.3 Å². The highest BCUT2D eigenvalue weighted by Gasteiger charge is 2.25. The molecule has 1 aliphatic rings. The molecule has 0 aliphatic carbocycles. The lowest BCUT2D eigenvalue weighted by Crippen LogP contribution is -2.40. The predicted octanol–water partition coefficient (Wildman–Crippen LogP) is 4.12. The molecule has 9 heteroatoms. The van der Waals surface area contributed by atoms with E-state index in [-0.39, 0.29) is 10.8 Å². The minimum Gasteiger partial charge on any atom is -0.379 e. The van der Waals surface area contributed by atoms with Crippen LogP contribution in [0.3, 0.4) is 0 Å². The van der Waals surface area contributed by atoms with E-state index < -0.39 is 10.0 Å². The summed E-state index contributed by atoms with van der Waals surface area (Å²) in [6.45, 7) is 1.51. The first-order valence-electron chi connectivity index (χ1n) is 10.5.